The summed E-state index contributed by atoms with van der Waals surface area (Å²) in [6.45, 7) is 2.01. The molecule has 2 heterocycles. The summed E-state index contributed by atoms with van der Waals surface area (Å²) in [5.41, 5.74) is 6.19. The van der Waals surface area contributed by atoms with Gasteiger partial charge in [-0.25, -0.2) is 10.2 Å². The molecule has 0 fully saturated rings. The second-order valence-electron chi connectivity index (χ2n) is 7.22. The largest absolute Gasteiger partial charge is 0.478 e. The van der Waals surface area contributed by atoms with E-state index in [1.165, 1.54) is 30.1 Å². The molecule has 0 bridgehead atoms. The van der Waals surface area contributed by atoms with E-state index in [9.17, 15) is 9.59 Å². The summed E-state index contributed by atoms with van der Waals surface area (Å²) in [6.07, 6.45) is 4.83. The lowest BCUT2D eigenvalue weighted by Crippen LogP contribution is -2.20. The zero-order valence-electron chi connectivity index (χ0n) is 18.1. The average molecular weight is 473 g/mol. The Labute approximate surface area is 199 Å². The number of hydrogen-bond acceptors (Lipinski definition) is 7. The number of carbonyl (C=O) groups excluding carboxylic acids is 1. The molecule has 0 unspecified atom stereocenters. The van der Waals surface area contributed by atoms with Crippen LogP contribution in [0.3, 0.4) is 0 Å². The van der Waals surface area contributed by atoms with Gasteiger partial charge in [-0.15, -0.1) is 10.2 Å². The first-order valence-corrected chi connectivity index (χ1v) is 11.2. The van der Waals surface area contributed by atoms with Gasteiger partial charge in [-0.2, -0.15) is 5.10 Å². The van der Waals surface area contributed by atoms with Gasteiger partial charge in [0.2, 0.25) is 0 Å². The van der Waals surface area contributed by atoms with Crippen LogP contribution < -0.4 is 5.43 Å². The zero-order valence-corrected chi connectivity index (χ0v) is 18.9. The number of hydrazone groups is 1. The molecule has 0 aliphatic heterocycles. The minimum absolute atomic E-state index is 0.0790. The minimum Gasteiger partial charge on any atom is -0.478 e. The molecule has 9 nitrogen and oxygen atoms in total. The van der Waals surface area contributed by atoms with E-state index in [4.69, 9.17) is 5.11 Å². The van der Waals surface area contributed by atoms with E-state index in [2.05, 4.69) is 25.7 Å². The second kappa shape index (κ2) is 10.5. The van der Waals surface area contributed by atoms with Gasteiger partial charge in [-0.3, -0.25) is 14.3 Å². The maximum Gasteiger partial charge on any atom is 0.335 e. The number of aromatic carboxylic acids is 1. The van der Waals surface area contributed by atoms with Crippen molar-refractivity contribution in [2.75, 3.05) is 5.75 Å². The molecule has 4 aromatic rings. The molecule has 0 radical (unpaired) electrons. The topological polar surface area (TPSA) is 122 Å². The number of carboxylic acids is 1. The number of hydrogen-bond donors (Lipinski definition) is 2. The first kappa shape index (κ1) is 22.9. The molecule has 10 heteroatoms. The molecular formula is C24H20N6O3S. The highest BCUT2D eigenvalue weighted by Crippen LogP contribution is 2.27. The van der Waals surface area contributed by atoms with Crippen LogP contribution in [0.5, 0.6) is 0 Å². The Morgan fingerprint density at radius 2 is 1.74 bits per heavy atom. The number of aryl methyl sites for hydroxylation is 1. The lowest BCUT2D eigenvalue weighted by Gasteiger charge is -2.10. The van der Waals surface area contributed by atoms with Gasteiger partial charge in [0, 0.05) is 23.6 Å². The normalized spacial score (nSPS) is 11.0. The third-order valence-electron chi connectivity index (χ3n) is 4.76. The maximum absolute atomic E-state index is 12.3. The first-order valence-electron chi connectivity index (χ1n) is 10.2. The van der Waals surface area contributed by atoms with Gasteiger partial charge in [0.25, 0.3) is 5.91 Å². The predicted octanol–water partition coefficient (Wildman–Crippen LogP) is 3.58. The van der Waals surface area contributed by atoms with Gasteiger partial charge in [-0.05, 0) is 48.9 Å². The molecule has 0 aliphatic rings. The SMILES string of the molecule is Cc1ccc(-n2c(SCC(=O)N/N=C\c3ccc(C(=O)O)cc3)nnc2-c2ccncc2)cc1. The predicted molar refractivity (Wildman–Crippen MR) is 129 cm³/mol. The van der Waals surface area contributed by atoms with E-state index in [-0.39, 0.29) is 17.2 Å². The van der Waals surface area contributed by atoms with E-state index in [0.717, 1.165) is 16.8 Å². The number of thioether (sulfide) groups is 1. The molecule has 0 saturated carbocycles. The van der Waals surface area contributed by atoms with E-state index in [0.29, 0.717) is 16.5 Å². The minimum atomic E-state index is -1.00. The fraction of sp³-hybridized carbons (Fsp3) is 0.0833. The Hall–Kier alpha value is -4.31. The molecule has 0 saturated heterocycles. The number of rotatable bonds is 8. The van der Waals surface area contributed by atoms with Crippen molar-refractivity contribution in [3.05, 3.63) is 89.7 Å². The Bertz CT molecular complexity index is 1320. The van der Waals surface area contributed by atoms with Gasteiger partial charge in [0.05, 0.1) is 17.5 Å². The van der Waals surface area contributed by atoms with Crippen molar-refractivity contribution in [3.8, 4) is 17.1 Å². The van der Waals surface area contributed by atoms with Crippen LogP contribution in [-0.2, 0) is 4.79 Å². The lowest BCUT2D eigenvalue weighted by molar-refractivity contribution is -0.118. The van der Waals surface area contributed by atoms with Gasteiger partial charge in [0.15, 0.2) is 11.0 Å². The highest BCUT2D eigenvalue weighted by atomic mass is 32.2. The van der Waals surface area contributed by atoms with Crippen LogP contribution in [0.4, 0.5) is 0 Å². The van der Waals surface area contributed by atoms with Gasteiger partial charge in [0.1, 0.15) is 0 Å². The highest BCUT2D eigenvalue weighted by molar-refractivity contribution is 7.99. The Kier molecular flexibility index (Phi) is 7.09. The third-order valence-corrected chi connectivity index (χ3v) is 5.69. The van der Waals surface area contributed by atoms with Crippen LogP contribution in [0.15, 0.2) is 83.3 Å². The molecule has 2 aromatic carbocycles. The quantitative estimate of drug-likeness (QED) is 0.228. The molecule has 4 rings (SSSR count). The molecule has 2 aromatic heterocycles. The fourth-order valence-electron chi connectivity index (χ4n) is 3.03. The molecule has 0 aliphatic carbocycles. The number of nitrogens with zero attached hydrogens (tertiary/aromatic N) is 5. The Morgan fingerprint density at radius 1 is 1.03 bits per heavy atom. The first-order chi connectivity index (χ1) is 16.5. The average Bonchev–Trinajstić information content (AvgIpc) is 3.28. The molecular weight excluding hydrogens is 452 g/mol. The van der Waals surface area contributed by atoms with Crippen LogP contribution in [0.1, 0.15) is 21.5 Å². The van der Waals surface area contributed by atoms with Crippen LogP contribution in [0.25, 0.3) is 17.1 Å². The summed E-state index contributed by atoms with van der Waals surface area (Å²) >= 11 is 1.24. The van der Waals surface area contributed by atoms with E-state index >= 15 is 0 Å². The number of carboxylic acid groups (broad SMARTS) is 1. The van der Waals surface area contributed by atoms with Gasteiger partial charge >= 0.3 is 5.97 Å². The van der Waals surface area contributed by atoms with Crippen molar-refractivity contribution >= 4 is 29.9 Å². The van der Waals surface area contributed by atoms with Crippen LogP contribution in [-0.4, -0.2) is 48.7 Å². The van der Waals surface area contributed by atoms with Crippen molar-refractivity contribution in [1.29, 1.82) is 0 Å². The summed E-state index contributed by atoms with van der Waals surface area (Å²) in [5, 5.41) is 22.1. The van der Waals surface area contributed by atoms with Gasteiger partial charge < -0.3 is 5.11 Å². The van der Waals surface area contributed by atoms with E-state index < -0.39 is 5.97 Å². The molecule has 0 atom stereocenters. The Balaban J connectivity index is 1.46. The second-order valence-corrected chi connectivity index (χ2v) is 8.16. The lowest BCUT2D eigenvalue weighted by atomic mass is 10.1. The molecule has 0 spiro atoms. The van der Waals surface area contributed by atoms with Crippen molar-refractivity contribution < 1.29 is 14.7 Å². The van der Waals surface area contributed by atoms with Crippen molar-refractivity contribution in [2.45, 2.75) is 12.1 Å². The molecule has 170 valence electrons. The number of pyridine rings is 1. The smallest absolute Gasteiger partial charge is 0.335 e. The standard InChI is InChI=1S/C24H20N6O3S/c1-16-2-8-20(9-3-16)30-22(18-10-12-25-13-11-18)28-29-24(30)34-15-21(31)27-26-14-17-4-6-19(7-5-17)23(32)33/h2-14H,15H2,1H3,(H,27,31)(H,32,33)/b26-14-. The van der Waals surface area contributed by atoms with Crippen molar-refractivity contribution in [3.63, 3.8) is 0 Å². The summed E-state index contributed by atoms with van der Waals surface area (Å²) < 4.78 is 1.90. The molecule has 34 heavy (non-hydrogen) atoms. The van der Waals surface area contributed by atoms with Crippen LogP contribution in [0.2, 0.25) is 0 Å². The van der Waals surface area contributed by atoms with E-state index in [1.807, 2.05) is 47.9 Å². The zero-order chi connectivity index (χ0) is 23.9. The third kappa shape index (κ3) is 5.54. The summed E-state index contributed by atoms with van der Waals surface area (Å²) in [7, 11) is 0. The molecule has 2 N–H and O–H groups in total. The highest BCUT2D eigenvalue weighted by Gasteiger charge is 2.17. The summed E-state index contributed by atoms with van der Waals surface area (Å²) in [4.78, 5) is 27.3. The number of amides is 1. The van der Waals surface area contributed by atoms with Gasteiger partial charge in [-0.1, -0.05) is 41.6 Å². The maximum atomic E-state index is 12.3. The Morgan fingerprint density at radius 3 is 2.41 bits per heavy atom. The monoisotopic (exact) mass is 472 g/mol. The van der Waals surface area contributed by atoms with Crippen LogP contribution in [0, 0.1) is 6.92 Å². The van der Waals surface area contributed by atoms with Crippen LogP contribution >= 0.6 is 11.8 Å². The number of carbonyl (C=O) groups is 2. The molecule has 1 amide bonds. The summed E-state index contributed by atoms with van der Waals surface area (Å²) in [5.74, 6) is -0.584. The number of benzene rings is 2. The number of nitrogens with one attached hydrogen (secondary N) is 1. The fourth-order valence-corrected chi connectivity index (χ4v) is 3.78. The van der Waals surface area contributed by atoms with Crippen molar-refractivity contribution in [2.24, 2.45) is 5.10 Å². The van der Waals surface area contributed by atoms with E-state index in [1.54, 1.807) is 24.5 Å². The van der Waals surface area contributed by atoms with Crippen molar-refractivity contribution in [1.82, 2.24) is 25.2 Å². The summed E-state index contributed by atoms with van der Waals surface area (Å²) in [6, 6.07) is 17.8. The number of aromatic nitrogens is 4.